The van der Waals surface area contributed by atoms with Gasteiger partial charge in [0.2, 0.25) is 0 Å². The summed E-state index contributed by atoms with van der Waals surface area (Å²) in [4.78, 5) is 23.7. The van der Waals surface area contributed by atoms with Gasteiger partial charge in [0.25, 0.3) is 0 Å². The lowest BCUT2D eigenvalue weighted by Gasteiger charge is -2.45. The second-order valence-electron chi connectivity index (χ2n) is 5.91. The fraction of sp³-hybridized carbons (Fsp3) is 0.733. The zero-order valence-corrected chi connectivity index (χ0v) is 10.5. The van der Waals surface area contributed by atoms with Crippen molar-refractivity contribution in [2.24, 2.45) is 17.3 Å². The standard InChI is InChI=1S/C15H20O2/c1-2-15-8-7-10-9-11(16)3-4-12(10)13(15)5-6-14(15)17/h9,12-13H,2-8H2,1H3/t12-,13+,15+/m0/s1. The molecule has 2 saturated carbocycles. The highest BCUT2D eigenvalue weighted by Gasteiger charge is 2.54. The van der Waals surface area contributed by atoms with Crippen LogP contribution in [0.5, 0.6) is 0 Å². The third kappa shape index (κ3) is 1.46. The largest absolute Gasteiger partial charge is 0.299 e. The predicted octanol–water partition coefficient (Wildman–Crippen LogP) is 3.06. The molecule has 0 amide bonds. The van der Waals surface area contributed by atoms with Crippen molar-refractivity contribution in [2.45, 2.75) is 51.9 Å². The van der Waals surface area contributed by atoms with E-state index in [1.54, 1.807) is 0 Å². The van der Waals surface area contributed by atoms with Crippen LogP contribution in [0.3, 0.4) is 0 Å². The highest BCUT2D eigenvalue weighted by molar-refractivity contribution is 5.92. The number of hydrogen-bond donors (Lipinski definition) is 0. The number of carbonyl (C=O) groups is 2. The van der Waals surface area contributed by atoms with Crippen LogP contribution in [-0.4, -0.2) is 11.6 Å². The molecule has 2 nitrogen and oxygen atoms in total. The van der Waals surface area contributed by atoms with Crippen LogP contribution in [0, 0.1) is 17.3 Å². The van der Waals surface area contributed by atoms with Gasteiger partial charge in [-0.2, -0.15) is 0 Å². The number of rotatable bonds is 1. The van der Waals surface area contributed by atoms with Crippen molar-refractivity contribution in [3.8, 4) is 0 Å². The molecule has 3 aliphatic rings. The Kier molecular flexibility index (Phi) is 2.49. The van der Waals surface area contributed by atoms with E-state index in [1.165, 1.54) is 5.57 Å². The van der Waals surface area contributed by atoms with Gasteiger partial charge in [0.05, 0.1) is 0 Å². The Balaban J connectivity index is 1.97. The summed E-state index contributed by atoms with van der Waals surface area (Å²) in [7, 11) is 0. The van der Waals surface area contributed by atoms with Crippen LogP contribution in [0.4, 0.5) is 0 Å². The van der Waals surface area contributed by atoms with Gasteiger partial charge >= 0.3 is 0 Å². The molecule has 0 saturated heterocycles. The van der Waals surface area contributed by atoms with Crippen LogP contribution >= 0.6 is 0 Å². The number of allylic oxidation sites excluding steroid dienone is 2. The summed E-state index contributed by atoms with van der Waals surface area (Å²) in [6.07, 6.45) is 8.36. The second-order valence-corrected chi connectivity index (χ2v) is 5.91. The molecular weight excluding hydrogens is 212 g/mol. The molecule has 2 heteroatoms. The van der Waals surface area contributed by atoms with Crippen molar-refractivity contribution in [3.05, 3.63) is 11.6 Å². The van der Waals surface area contributed by atoms with Crippen molar-refractivity contribution < 1.29 is 9.59 Å². The number of hydrogen-bond acceptors (Lipinski definition) is 2. The number of carbonyl (C=O) groups excluding carboxylic acids is 2. The molecular formula is C15H20O2. The molecule has 2 fully saturated rings. The molecule has 17 heavy (non-hydrogen) atoms. The van der Waals surface area contributed by atoms with E-state index in [1.807, 2.05) is 6.08 Å². The maximum Gasteiger partial charge on any atom is 0.155 e. The fourth-order valence-electron chi connectivity index (χ4n) is 4.52. The molecule has 0 N–H and O–H groups in total. The summed E-state index contributed by atoms with van der Waals surface area (Å²) < 4.78 is 0. The van der Waals surface area contributed by atoms with Gasteiger partial charge in [-0.25, -0.2) is 0 Å². The van der Waals surface area contributed by atoms with Crippen LogP contribution in [0.15, 0.2) is 11.6 Å². The van der Waals surface area contributed by atoms with Gasteiger partial charge in [-0.3, -0.25) is 9.59 Å². The van der Waals surface area contributed by atoms with Gasteiger partial charge < -0.3 is 0 Å². The SMILES string of the molecule is CC[C@@]12CCC3=CC(=O)CC[C@@H]3[C@H]1CCC2=O. The molecule has 3 atom stereocenters. The minimum atomic E-state index is -0.0254. The van der Waals surface area contributed by atoms with E-state index in [-0.39, 0.29) is 5.41 Å². The van der Waals surface area contributed by atoms with Gasteiger partial charge in [-0.1, -0.05) is 12.5 Å². The predicted molar refractivity (Wildman–Crippen MR) is 65.5 cm³/mol. The van der Waals surface area contributed by atoms with Gasteiger partial charge in [0.15, 0.2) is 5.78 Å². The lowest BCUT2D eigenvalue weighted by molar-refractivity contribution is -0.129. The summed E-state index contributed by atoms with van der Waals surface area (Å²) in [5.41, 5.74) is 1.33. The Morgan fingerprint density at radius 1 is 1.24 bits per heavy atom. The first kappa shape index (κ1) is 11.2. The van der Waals surface area contributed by atoms with E-state index < -0.39 is 0 Å². The van der Waals surface area contributed by atoms with E-state index in [0.29, 0.717) is 29.8 Å². The van der Waals surface area contributed by atoms with Crippen LogP contribution < -0.4 is 0 Å². The quantitative estimate of drug-likeness (QED) is 0.696. The van der Waals surface area contributed by atoms with Crippen LogP contribution in [0.25, 0.3) is 0 Å². The molecule has 0 aromatic carbocycles. The summed E-state index contributed by atoms with van der Waals surface area (Å²) in [5.74, 6) is 1.87. The summed E-state index contributed by atoms with van der Waals surface area (Å²) in [5, 5.41) is 0. The Morgan fingerprint density at radius 2 is 2.06 bits per heavy atom. The average molecular weight is 232 g/mol. The van der Waals surface area contributed by atoms with Crippen LogP contribution in [0.2, 0.25) is 0 Å². The van der Waals surface area contributed by atoms with E-state index in [0.717, 1.165) is 38.5 Å². The monoisotopic (exact) mass is 232 g/mol. The van der Waals surface area contributed by atoms with Gasteiger partial charge in [0.1, 0.15) is 5.78 Å². The molecule has 0 spiro atoms. The molecule has 92 valence electrons. The maximum atomic E-state index is 12.2. The third-order valence-electron chi connectivity index (χ3n) is 5.45. The highest BCUT2D eigenvalue weighted by Crippen LogP contribution is 2.57. The Bertz CT molecular complexity index is 407. The maximum absolute atomic E-state index is 12.2. The van der Waals surface area contributed by atoms with E-state index in [2.05, 4.69) is 6.92 Å². The van der Waals surface area contributed by atoms with E-state index >= 15 is 0 Å². The van der Waals surface area contributed by atoms with Crippen molar-refractivity contribution in [1.29, 1.82) is 0 Å². The van der Waals surface area contributed by atoms with Crippen molar-refractivity contribution in [3.63, 3.8) is 0 Å². The number of fused-ring (bicyclic) bond motifs is 3. The van der Waals surface area contributed by atoms with Crippen molar-refractivity contribution in [1.82, 2.24) is 0 Å². The Hall–Kier alpha value is -0.920. The topological polar surface area (TPSA) is 34.1 Å². The zero-order chi connectivity index (χ0) is 12.0. The molecule has 0 aromatic rings. The smallest absolute Gasteiger partial charge is 0.155 e. The first-order chi connectivity index (χ1) is 8.17. The highest BCUT2D eigenvalue weighted by atomic mass is 16.1. The third-order valence-corrected chi connectivity index (χ3v) is 5.45. The zero-order valence-electron chi connectivity index (χ0n) is 10.5. The molecule has 0 radical (unpaired) electrons. The molecule has 0 bridgehead atoms. The molecule has 0 heterocycles. The summed E-state index contributed by atoms with van der Waals surface area (Å²) in [6, 6.07) is 0. The second kappa shape index (κ2) is 3.79. The van der Waals surface area contributed by atoms with E-state index in [4.69, 9.17) is 0 Å². The molecule has 0 aliphatic heterocycles. The molecule has 0 unspecified atom stereocenters. The first-order valence-electron chi connectivity index (χ1n) is 6.94. The molecule has 0 aromatic heterocycles. The van der Waals surface area contributed by atoms with Crippen LogP contribution in [0.1, 0.15) is 51.9 Å². The van der Waals surface area contributed by atoms with E-state index in [9.17, 15) is 9.59 Å². The van der Waals surface area contributed by atoms with Gasteiger partial charge in [-0.15, -0.1) is 0 Å². The lowest BCUT2D eigenvalue weighted by Crippen LogP contribution is -2.41. The Morgan fingerprint density at radius 3 is 2.82 bits per heavy atom. The number of Topliss-reactive ketones (excluding diaryl/α,β-unsaturated/α-hetero) is 1. The number of ketones is 2. The van der Waals surface area contributed by atoms with Crippen LogP contribution in [-0.2, 0) is 9.59 Å². The first-order valence-corrected chi connectivity index (χ1v) is 6.94. The molecule has 3 aliphatic carbocycles. The minimum absolute atomic E-state index is 0.0254. The average Bonchev–Trinajstić information content (AvgIpc) is 2.67. The van der Waals surface area contributed by atoms with Crippen molar-refractivity contribution >= 4 is 11.6 Å². The minimum Gasteiger partial charge on any atom is -0.299 e. The summed E-state index contributed by atoms with van der Waals surface area (Å²) >= 11 is 0. The normalized spacial score (nSPS) is 40.9. The fourth-order valence-corrected chi connectivity index (χ4v) is 4.52. The van der Waals surface area contributed by atoms with Gasteiger partial charge in [-0.05, 0) is 50.0 Å². The Labute approximate surface area is 102 Å². The molecule has 3 rings (SSSR count). The summed E-state index contributed by atoms with van der Waals surface area (Å²) in [6.45, 7) is 2.17. The van der Waals surface area contributed by atoms with Crippen molar-refractivity contribution in [2.75, 3.05) is 0 Å². The lowest BCUT2D eigenvalue weighted by atomic mass is 9.58. The van der Waals surface area contributed by atoms with Gasteiger partial charge in [0, 0.05) is 18.3 Å².